The fourth-order valence-electron chi connectivity index (χ4n) is 3.11. The quantitative estimate of drug-likeness (QED) is 0.832. The molecule has 5 nitrogen and oxygen atoms in total. The van der Waals surface area contributed by atoms with Crippen LogP contribution >= 0.6 is 0 Å². The highest BCUT2D eigenvalue weighted by molar-refractivity contribution is 6.18. The Morgan fingerprint density at radius 1 is 1.12 bits per heavy atom. The summed E-state index contributed by atoms with van der Waals surface area (Å²) >= 11 is 0. The zero-order chi connectivity index (χ0) is 18.3. The van der Waals surface area contributed by atoms with E-state index in [1.807, 2.05) is 0 Å². The van der Waals surface area contributed by atoms with Gasteiger partial charge in [0.25, 0.3) is 0 Å². The number of rotatable bonds is 3. The highest BCUT2D eigenvalue weighted by atomic mass is 19.1. The van der Waals surface area contributed by atoms with Crippen LogP contribution in [-0.4, -0.2) is 30.2 Å². The van der Waals surface area contributed by atoms with Crippen LogP contribution in [0.4, 0.5) is 4.39 Å². The van der Waals surface area contributed by atoms with Crippen molar-refractivity contribution >= 4 is 11.9 Å². The van der Waals surface area contributed by atoms with Crippen LogP contribution in [0, 0.1) is 5.82 Å². The van der Waals surface area contributed by atoms with Crippen LogP contribution in [0.1, 0.15) is 34.3 Å². The number of hydrogen-bond acceptors (Lipinski definition) is 5. The Morgan fingerprint density at radius 2 is 1.72 bits per heavy atom. The van der Waals surface area contributed by atoms with E-state index in [-0.39, 0.29) is 34.1 Å². The molecule has 0 radical (unpaired) electrons. The van der Waals surface area contributed by atoms with E-state index in [0.29, 0.717) is 11.1 Å². The predicted octanol–water partition coefficient (Wildman–Crippen LogP) is 3.64. The van der Waals surface area contributed by atoms with Crippen LogP contribution in [0.15, 0.2) is 29.8 Å². The van der Waals surface area contributed by atoms with Crippen LogP contribution < -0.4 is 9.47 Å². The molecule has 0 aromatic heterocycles. The van der Waals surface area contributed by atoms with Crippen molar-refractivity contribution < 1.29 is 28.9 Å². The van der Waals surface area contributed by atoms with Gasteiger partial charge in [0.15, 0.2) is 17.3 Å². The maximum atomic E-state index is 14.1. The fourth-order valence-corrected chi connectivity index (χ4v) is 3.11. The molecule has 0 saturated carbocycles. The van der Waals surface area contributed by atoms with Gasteiger partial charge in [-0.05, 0) is 35.9 Å². The lowest BCUT2D eigenvalue weighted by molar-refractivity contribution is 0.103. The second kappa shape index (κ2) is 6.12. The van der Waals surface area contributed by atoms with Crippen LogP contribution in [0.25, 0.3) is 6.08 Å². The average Bonchev–Trinajstić information content (AvgIpc) is 2.85. The average molecular weight is 344 g/mol. The summed E-state index contributed by atoms with van der Waals surface area (Å²) in [7, 11) is 2.80. The fraction of sp³-hybridized carbons (Fsp3) is 0.211. The monoisotopic (exact) mass is 344 g/mol. The highest BCUT2D eigenvalue weighted by Crippen LogP contribution is 2.44. The molecule has 2 aromatic carbocycles. The minimum Gasteiger partial charge on any atom is -0.507 e. The van der Waals surface area contributed by atoms with Crippen molar-refractivity contribution in [3.8, 4) is 23.0 Å². The van der Waals surface area contributed by atoms with Crippen LogP contribution in [-0.2, 0) is 0 Å². The van der Waals surface area contributed by atoms with Gasteiger partial charge in [-0.15, -0.1) is 0 Å². The zero-order valence-electron chi connectivity index (χ0n) is 14.0. The van der Waals surface area contributed by atoms with Gasteiger partial charge in [-0.1, -0.05) is 6.92 Å². The number of phenolic OH excluding ortho intramolecular Hbond substituents is 2. The lowest BCUT2D eigenvalue weighted by Crippen LogP contribution is -1.98. The van der Waals surface area contributed by atoms with E-state index in [2.05, 4.69) is 0 Å². The van der Waals surface area contributed by atoms with Gasteiger partial charge in [0, 0.05) is 17.1 Å². The van der Waals surface area contributed by atoms with Crippen molar-refractivity contribution in [3.63, 3.8) is 0 Å². The number of hydrogen-bond donors (Lipinski definition) is 2. The Kier molecular flexibility index (Phi) is 4.12. The predicted molar refractivity (Wildman–Crippen MR) is 90.0 cm³/mol. The minimum absolute atomic E-state index is 0.00328. The number of ketones is 1. The molecule has 0 fully saturated rings. The molecule has 1 unspecified atom stereocenters. The number of methoxy groups -OCH3 is 2. The van der Waals surface area contributed by atoms with Crippen molar-refractivity contribution in [1.29, 1.82) is 0 Å². The lowest BCUT2D eigenvalue weighted by Gasteiger charge is -2.11. The molecule has 130 valence electrons. The molecule has 1 aliphatic carbocycles. The zero-order valence-corrected chi connectivity index (χ0v) is 14.0. The summed E-state index contributed by atoms with van der Waals surface area (Å²) in [6, 6.07) is 5.41. The smallest absolute Gasteiger partial charge is 0.200 e. The first-order chi connectivity index (χ1) is 11.9. The standard InChI is InChI=1S/C19H17FO5/c1-9-11(18(22)17-13(21)5-4-12(20)16(9)17)6-10-7-14(24-2)19(23)15(8-10)25-3/h4-9,21,23H,1-3H3/b11-6-. The summed E-state index contributed by atoms with van der Waals surface area (Å²) < 4.78 is 24.3. The number of halogens is 1. The van der Waals surface area contributed by atoms with Gasteiger partial charge in [0.05, 0.1) is 19.8 Å². The van der Waals surface area contributed by atoms with E-state index < -0.39 is 17.5 Å². The highest BCUT2D eigenvalue weighted by Gasteiger charge is 2.36. The number of ether oxygens (including phenoxy) is 2. The minimum atomic E-state index is -0.530. The number of carbonyl (C=O) groups excluding carboxylic acids is 1. The number of fused-ring (bicyclic) bond motifs is 1. The van der Waals surface area contributed by atoms with Gasteiger partial charge in [0.2, 0.25) is 5.75 Å². The third-order valence-corrected chi connectivity index (χ3v) is 4.38. The summed E-state index contributed by atoms with van der Waals surface area (Å²) in [6.07, 6.45) is 1.58. The first kappa shape index (κ1) is 16.8. The van der Waals surface area contributed by atoms with Crippen molar-refractivity contribution in [2.75, 3.05) is 14.2 Å². The SMILES string of the molecule is COc1cc(/C=C2\C(=O)c3c(O)ccc(F)c3C2C)cc(OC)c1O. The maximum absolute atomic E-state index is 14.1. The third kappa shape index (κ3) is 2.59. The summed E-state index contributed by atoms with van der Waals surface area (Å²) in [5.41, 5.74) is 1.07. The molecule has 2 aromatic rings. The van der Waals surface area contributed by atoms with Gasteiger partial charge in [0.1, 0.15) is 11.6 Å². The van der Waals surface area contributed by atoms with E-state index in [1.54, 1.807) is 25.1 Å². The topological polar surface area (TPSA) is 76.0 Å². The maximum Gasteiger partial charge on any atom is 0.200 e. The summed E-state index contributed by atoms with van der Waals surface area (Å²) in [4.78, 5) is 12.7. The van der Waals surface area contributed by atoms with Crippen molar-refractivity contribution in [3.05, 3.63) is 52.3 Å². The van der Waals surface area contributed by atoms with Crippen LogP contribution in [0.2, 0.25) is 0 Å². The Morgan fingerprint density at radius 3 is 2.24 bits per heavy atom. The third-order valence-electron chi connectivity index (χ3n) is 4.38. The molecule has 1 atom stereocenters. The molecule has 0 saturated heterocycles. The molecule has 1 aliphatic rings. The number of Topliss-reactive ketones (excluding diaryl/α,β-unsaturated/α-hetero) is 1. The van der Waals surface area contributed by atoms with Gasteiger partial charge >= 0.3 is 0 Å². The molecule has 0 heterocycles. The second-order valence-electron chi connectivity index (χ2n) is 5.78. The van der Waals surface area contributed by atoms with E-state index in [9.17, 15) is 19.4 Å². The largest absolute Gasteiger partial charge is 0.507 e. The van der Waals surface area contributed by atoms with E-state index >= 15 is 0 Å². The van der Waals surface area contributed by atoms with Crippen molar-refractivity contribution in [2.45, 2.75) is 12.8 Å². The number of allylic oxidation sites excluding steroid dienone is 1. The Hall–Kier alpha value is -3.02. The molecule has 2 N–H and O–H groups in total. The molecule has 0 amide bonds. The summed E-state index contributed by atoms with van der Waals surface area (Å²) in [5.74, 6) is -1.47. The Labute approximate surface area is 143 Å². The first-order valence-corrected chi connectivity index (χ1v) is 7.61. The molecule has 25 heavy (non-hydrogen) atoms. The van der Waals surface area contributed by atoms with Gasteiger partial charge in [-0.25, -0.2) is 4.39 Å². The molecule has 0 aliphatic heterocycles. The van der Waals surface area contributed by atoms with Gasteiger partial charge in [-0.3, -0.25) is 4.79 Å². The second-order valence-corrected chi connectivity index (χ2v) is 5.78. The van der Waals surface area contributed by atoms with Crippen LogP contribution in [0.5, 0.6) is 23.0 Å². The molecular formula is C19H17FO5. The number of aromatic hydroxyl groups is 2. The molecular weight excluding hydrogens is 327 g/mol. The van der Waals surface area contributed by atoms with Crippen molar-refractivity contribution in [1.82, 2.24) is 0 Å². The number of benzene rings is 2. The van der Waals surface area contributed by atoms with Crippen LogP contribution in [0.3, 0.4) is 0 Å². The number of phenols is 2. The molecule has 3 rings (SSSR count). The van der Waals surface area contributed by atoms with Crippen molar-refractivity contribution in [2.24, 2.45) is 0 Å². The Bertz CT molecular complexity index is 876. The van der Waals surface area contributed by atoms with E-state index in [4.69, 9.17) is 9.47 Å². The first-order valence-electron chi connectivity index (χ1n) is 7.61. The van der Waals surface area contributed by atoms with Gasteiger partial charge < -0.3 is 19.7 Å². The van der Waals surface area contributed by atoms with E-state index in [1.165, 1.54) is 20.3 Å². The van der Waals surface area contributed by atoms with Gasteiger partial charge in [-0.2, -0.15) is 0 Å². The molecule has 0 spiro atoms. The van der Waals surface area contributed by atoms with E-state index in [0.717, 1.165) is 6.07 Å². The number of carbonyl (C=O) groups is 1. The molecule has 6 heteroatoms. The normalized spacial score (nSPS) is 17.7. The summed E-state index contributed by atoms with van der Waals surface area (Å²) in [6.45, 7) is 1.70. The molecule has 0 bridgehead atoms. The Balaban J connectivity index is 2.14. The summed E-state index contributed by atoms with van der Waals surface area (Å²) in [5, 5.41) is 19.9. The lowest BCUT2D eigenvalue weighted by atomic mass is 9.97.